The summed E-state index contributed by atoms with van der Waals surface area (Å²) < 4.78 is 5.25. The fraction of sp³-hybridized carbons (Fsp3) is 0.0833. The third-order valence-electron chi connectivity index (χ3n) is 2.23. The van der Waals surface area contributed by atoms with Gasteiger partial charge in [0.25, 0.3) is 0 Å². The molecule has 2 rings (SSSR count). The fourth-order valence-electron chi connectivity index (χ4n) is 1.55. The first-order valence-corrected chi connectivity index (χ1v) is 5.89. The van der Waals surface area contributed by atoms with Crippen molar-refractivity contribution in [2.75, 3.05) is 7.11 Å². The van der Waals surface area contributed by atoms with E-state index >= 15 is 0 Å². The Balaban J connectivity index is 2.63. The predicted octanol–water partition coefficient (Wildman–Crippen LogP) is 4.72. The number of hydrogen-bond acceptors (Lipinski definition) is 2. The van der Waals surface area contributed by atoms with Gasteiger partial charge in [0.1, 0.15) is 10.8 Å². The number of benzene rings is 1. The first-order valence-electron chi connectivity index (χ1n) is 4.76. The summed E-state index contributed by atoms with van der Waals surface area (Å²) in [6.07, 6.45) is 3.18. The van der Waals surface area contributed by atoms with E-state index in [4.69, 9.17) is 39.5 Å². The van der Waals surface area contributed by atoms with Crippen LogP contribution in [0.15, 0.2) is 30.6 Å². The molecule has 0 atom stereocenters. The predicted molar refractivity (Wildman–Crippen MR) is 71.3 cm³/mol. The smallest absolute Gasteiger partial charge is 0.148 e. The lowest BCUT2D eigenvalue weighted by molar-refractivity contribution is 0.416. The number of nitrogens with zero attached hydrogens (tertiary/aromatic N) is 1. The van der Waals surface area contributed by atoms with Crippen LogP contribution < -0.4 is 4.74 Å². The van der Waals surface area contributed by atoms with E-state index in [2.05, 4.69) is 4.98 Å². The van der Waals surface area contributed by atoms with E-state index in [9.17, 15) is 0 Å². The minimum atomic E-state index is 0.445. The first kappa shape index (κ1) is 12.5. The Morgan fingerprint density at radius 3 is 2.24 bits per heavy atom. The van der Waals surface area contributed by atoms with E-state index in [0.29, 0.717) is 20.8 Å². The molecule has 5 heteroatoms. The summed E-state index contributed by atoms with van der Waals surface area (Å²) in [6, 6.07) is 5.23. The Hall–Kier alpha value is -0.960. The molecule has 0 aliphatic rings. The molecule has 88 valence electrons. The Labute approximate surface area is 114 Å². The van der Waals surface area contributed by atoms with Crippen LogP contribution in [0.2, 0.25) is 15.1 Å². The maximum atomic E-state index is 6.01. The van der Waals surface area contributed by atoms with Gasteiger partial charge in [0.05, 0.1) is 7.11 Å². The Morgan fingerprint density at radius 2 is 1.65 bits per heavy atom. The van der Waals surface area contributed by atoms with Crippen molar-refractivity contribution < 1.29 is 4.74 Å². The van der Waals surface area contributed by atoms with Gasteiger partial charge in [-0.2, -0.15) is 0 Å². The van der Waals surface area contributed by atoms with E-state index in [1.54, 1.807) is 31.5 Å². The monoisotopic (exact) mass is 287 g/mol. The molecule has 2 aromatic rings. The summed E-state index contributed by atoms with van der Waals surface area (Å²) in [5.74, 6) is 0.556. The van der Waals surface area contributed by atoms with Crippen LogP contribution in [0.25, 0.3) is 11.1 Å². The number of ether oxygens (including phenoxy) is 1. The van der Waals surface area contributed by atoms with Crippen molar-refractivity contribution in [1.29, 1.82) is 0 Å². The number of methoxy groups -OCH3 is 1. The van der Waals surface area contributed by atoms with Crippen LogP contribution in [0, 0.1) is 0 Å². The molecule has 0 saturated heterocycles. The highest BCUT2D eigenvalue weighted by Crippen LogP contribution is 2.37. The molecule has 0 amide bonds. The first-order chi connectivity index (χ1) is 8.11. The topological polar surface area (TPSA) is 22.1 Å². The van der Waals surface area contributed by atoms with E-state index in [-0.39, 0.29) is 0 Å². The lowest BCUT2D eigenvalue weighted by Gasteiger charge is -2.10. The van der Waals surface area contributed by atoms with Gasteiger partial charge < -0.3 is 4.74 Å². The van der Waals surface area contributed by atoms with Crippen molar-refractivity contribution in [3.8, 4) is 16.9 Å². The standard InChI is InChI=1S/C12H8Cl3NO/c1-17-12-10(5-16-6-11(12)15)7-2-8(13)4-9(14)3-7/h2-6H,1H3. The van der Waals surface area contributed by atoms with E-state index in [0.717, 1.165) is 11.1 Å². The van der Waals surface area contributed by atoms with Crippen molar-refractivity contribution in [2.45, 2.75) is 0 Å². The Bertz CT molecular complexity index is 537. The summed E-state index contributed by atoms with van der Waals surface area (Å²) in [5, 5.41) is 1.55. The lowest BCUT2D eigenvalue weighted by atomic mass is 10.1. The normalized spacial score (nSPS) is 10.4. The lowest BCUT2D eigenvalue weighted by Crippen LogP contribution is -1.90. The number of aromatic nitrogens is 1. The molecule has 17 heavy (non-hydrogen) atoms. The van der Waals surface area contributed by atoms with Gasteiger partial charge in [-0.25, -0.2) is 0 Å². The molecule has 0 aliphatic carbocycles. The molecule has 2 nitrogen and oxygen atoms in total. The third-order valence-corrected chi connectivity index (χ3v) is 2.94. The summed E-state index contributed by atoms with van der Waals surface area (Å²) in [7, 11) is 1.55. The van der Waals surface area contributed by atoms with Crippen molar-refractivity contribution in [1.82, 2.24) is 4.98 Å². The largest absolute Gasteiger partial charge is 0.494 e. The molecule has 0 spiro atoms. The molecule has 1 heterocycles. The van der Waals surface area contributed by atoms with Gasteiger partial charge in [-0.1, -0.05) is 34.8 Å². The summed E-state index contributed by atoms with van der Waals surface area (Å²) in [6.45, 7) is 0. The maximum absolute atomic E-state index is 6.01. The second-order valence-corrected chi connectivity index (χ2v) is 4.64. The molecular weight excluding hydrogens is 280 g/mol. The van der Waals surface area contributed by atoms with Crippen LogP contribution >= 0.6 is 34.8 Å². The zero-order valence-corrected chi connectivity index (χ0v) is 11.1. The van der Waals surface area contributed by atoms with E-state index < -0.39 is 0 Å². The molecule has 0 aliphatic heterocycles. The summed E-state index contributed by atoms with van der Waals surface area (Å²) in [4.78, 5) is 4.03. The quantitative estimate of drug-likeness (QED) is 0.798. The van der Waals surface area contributed by atoms with Crippen LogP contribution in [0.4, 0.5) is 0 Å². The minimum absolute atomic E-state index is 0.445. The molecule has 1 aromatic heterocycles. The second-order valence-electron chi connectivity index (χ2n) is 3.36. The summed E-state index contributed by atoms with van der Waals surface area (Å²) in [5.41, 5.74) is 1.57. The highest BCUT2D eigenvalue weighted by Gasteiger charge is 2.11. The Morgan fingerprint density at radius 1 is 1.00 bits per heavy atom. The Kier molecular flexibility index (Phi) is 3.77. The van der Waals surface area contributed by atoms with Crippen LogP contribution in [0.3, 0.4) is 0 Å². The van der Waals surface area contributed by atoms with Crippen molar-refractivity contribution >= 4 is 34.8 Å². The highest BCUT2D eigenvalue weighted by atomic mass is 35.5. The second kappa shape index (κ2) is 5.13. The van der Waals surface area contributed by atoms with Crippen molar-refractivity contribution in [3.05, 3.63) is 45.7 Å². The van der Waals surface area contributed by atoms with Crippen molar-refractivity contribution in [2.24, 2.45) is 0 Å². The van der Waals surface area contributed by atoms with Crippen LogP contribution in [-0.4, -0.2) is 12.1 Å². The molecule has 0 radical (unpaired) electrons. The molecule has 1 aromatic carbocycles. The van der Waals surface area contributed by atoms with Crippen molar-refractivity contribution in [3.63, 3.8) is 0 Å². The van der Waals surface area contributed by atoms with E-state index in [1.165, 1.54) is 6.20 Å². The van der Waals surface area contributed by atoms with Crippen LogP contribution in [0.1, 0.15) is 0 Å². The van der Waals surface area contributed by atoms with Crippen LogP contribution in [0.5, 0.6) is 5.75 Å². The number of halogens is 3. The van der Waals surface area contributed by atoms with Gasteiger partial charge in [0.15, 0.2) is 0 Å². The summed E-state index contributed by atoms with van der Waals surface area (Å²) >= 11 is 17.9. The minimum Gasteiger partial charge on any atom is -0.494 e. The van der Waals surface area contributed by atoms with Gasteiger partial charge in [-0.3, -0.25) is 4.98 Å². The van der Waals surface area contributed by atoms with Gasteiger partial charge in [-0.15, -0.1) is 0 Å². The number of rotatable bonds is 2. The molecule has 0 unspecified atom stereocenters. The van der Waals surface area contributed by atoms with E-state index in [1.807, 2.05) is 0 Å². The molecule has 0 bridgehead atoms. The SMILES string of the molecule is COc1c(Cl)cncc1-c1cc(Cl)cc(Cl)c1. The zero-order valence-electron chi connectivity index (χ0n) is 8.88. The van der Waals surface area contributed by atoms with Crippen LogP contribution in [-0.2, 0) is 0 Å². The van der Waals surface area contributed by atoms with Gasteiger partial charge in [-0.05, 0) is 23.8 Å². The maximum Gasteiger partial charge on any atom is 0.148 e. The van der Waals surface area contributed by atoms with Gasteiger partial charge in [0.2, 0.25) is 0 Å². The third kappa shape index (κ3) is 2.65. The number of pyridine rings is 1. The molecule has 0 N–H and O–H groups in total. The van der Waals surface area contributed by atoms with Gasteiger partial charge >= 0.3 is 0 Å². The fourth-order valence-corrected chi connectivity index (χ4v) is 2.31. The average molecular weight is 289 g/mol. The number of hydrogen-bond donors (Lipinski definition) is 0. The van der Waals surface area contributed by atoms with Gasteiger partial charge in [0, 0.05) is 28.0 Å². The zero-order chi connectivity index (χ0) is 12.4. The average Bonchev–Trinajstić information content (AvgIpc) is 2.27. The molecular formula is C12H8Cl3NO. The molecule has 0 saturated carbocycles. The highest BCUT2D eigenvalue weighted by molar-refractivity contribution is 6.35. The molecule has 0 fully saturated rings.